The van der Waals surface area contributed by atoms with Crippen LogP contribution in [0.3, 0.4) is 0 Å². The fraction of sp³-hybridized carbons (Fsp3) is 0.214. The smallest absolute Gasteiger partial charge is 0.123 e. The molecule has 1 aromatic heterocycles. The van der Waals surface area contributed by atoms with E-state index in [0.717, 1.165) is 11.1 Å². The summed E-state index contributed by atoms with van der Waals surface area (Å²) in [6.07, 6.45) is 8.16. The zero-order chi connectivity index (χ0) is 12.7. The van der Waals surface area contributed by atoms with Crippen molar-refractivity contribution in [2.24, 2.45) is 0 Å². The van der Waals surface area contributed by atoms with Gasteiger partial charge < -0.3 is 5.11 Å². The Balaban J connectivity index is 2.78. The molecule has 0 atom stereocenters. The van der Waals surface area contributed by atoms with Crippen molar-refractivity contribution in [1.82, 2.24) is 4.98 Å². The van der Waals surface area contributed by atoms with E-state index in [2.05, 4.69) is 11.6 Å². The van der Waals surface area contributed by atoms with E-state index < -0.39 is 0 Å². The molecule has 0 aliphatic carbocycles. The lowest BCUT2D eigenvalue weighted by molar-refractivity contribution is 0.280. The molecular weight excluding hydrogens is 217 g/mol. The third kappa shape index (κ3) is 4.33. The Morgan fingerprint density at radius 2 is 2.29 bits per heavy atom. The summed E-state index contributed by atoms with van der Waals surface area (Å²) in [5.41, 5.74) is 2.31. The van der Waals surface area contributed by atoms with Crippen LogP contribution >= 0.6 is 0 Å². The van der Waals surface area contributed by atoms with Crippen LogP contribution in [0.5, 0.6) is 0 Å². The molecule has 0 unspecified atom stereocenters. The summed E-state index contributed by atoms with van der Waals surface area (Å²) in [7, 11) is 0. The molecule has 0 saturated heterocycles. The largest absolute Gasteiger partial charge is 0.392 e. The van der Waals surface area contributed by atoms with E-state index in [0.29, 0.717) is 12.0 Å². The summed E-state index contributed by atoms with van der Waals surface area (Å²) in [5.74, 6) is -0.322. The maximum absolute atomic E-state index is 13.2. The number of nitrogens with zero attached hydrogens (tertiary/aromatic N) is 1. The highest BCUT2D eigenvalue weighted by Crippen LogP contribution is 2.14. The van der Waals surface area contributed by atoms with Crippen molar-refractivity contribution < 1.29 is 9.50 Å². The molecule has 1 N–H and O–H groups in total. The van der Waals surface area contributed by atoms with Crippen molar-refractivity contribution in [2.75, 3.05) is 0 Å². The first-order valence-corrected chi connectivity index (χ1v) is 5.37. The second kappa shape index (κ2) is 6.76. The molecule has 0 aliphatic rings. The van der Waals surface area contributed by atoms with Crippen LogP contribution in [0.1, 0.15) is 18.1 Å². The molecule has 1 rings (SSSR count). The van der Waals surface area contributed by atoms with E-state index in [-0.39, 0.29) is 12.4 Å². The Morgan fingerprint density at radius 1 is 1.53 bits per heavy atom. The van der Waals surface area contributed by atoms with Gasteiger partial charge in [0.05, 0.1) is 6.61 Å². The third-order valence-corrected chi connectivity index (χ3v) is 2.26. The lowest BCUT2D eigenvalue weighted by Gasteiger charge is -2.06. The molecule has 0 saturated carbocycles. The van der Waals surface area contributed by atoms with Gasteiger partial charge in [-0.2, -0.15) is 0 Å². The molecule has 17 heavy (non-hydrogen) atoms. The van der Waals surface area contributed by atoms with Gasteiger partial charge >= 0.3 is 0 Å². The van der Waals surface area contributed by atoms with Gasteiger partial charge in [0.2, 0.25) is 0 Å². The van der Waals surface area contributed by atoms with Gasteiger partial charge in [-0.05, 0) is 48.3 Å². The van der Waals surface area contributed by atoms with Gasteiger partial charge in [0.1, 0.15) is 5.83 Å². The first-order chi connectivity index (χ1) is 8.17. The molecule has 2 nitrogen and oxygen atoms in total. The van der Waals surface area contributed by atoms with Crippen LogP contribution < -0.4 is 0 Å². The van der Waals surface area contributed by atoms with Gasteiger partial charge in [-0.1, -0.05) is 12.7 Å². The van der Waals surface area contributed by atoms with E-state index >= 15 is 0 Å². The highest BCUT2D eigenvalue weighted by molar-refractivity contribution is 5.32. The molecule has 0 fully saturated rings. The zero-order valence-corrected chi connectivity index (χ0v) is 9.86. The number of hydrogen-bond acceptors (Lipinski definition) is 2. The Kier molecular flexibility index (Phi) is 5.30. The fourth-order valence-corrected chi connectivity index (χ4v) is 1.47. The Labute approximate surface area is 101 Å². The normalized spacial score (nSPS) is 12.1. The molecule has 0 amide bonds. The van der Waals surface area contributed by atoms with E-state index in [1.807, 2.05) is 0 Å². The van der Waals surface area contributed by atoms with Gasteiger partial charge in [0, 0.05) is 12.4 Å². The lowest BCUT2D eigenvalue weighted by atomic mass is 10.0. The van der Waals surface area contributed by atoms with Crippen molar-refractivity contribution in [2.45, 2.75) is 20.0 Å². The number of allylic oxidation sites excluding steroid dienone is 5. The van der Waals surface area contributed by atoms with Gasteiger partial charge in [-0.3, -0.25) is 4.98 Å². The van der Waals surface area contributed by atoms with Crippen LogP contribution in [0.2, 0.25) is 0 Å². The van der Waals surface area contributed by atoms with Crippen LogP contribution in [0.15, 0.2) is 54.7 Å². The molecule has 0 aromatic carbocycles. The van der Waals surface area contributed by atoms with Gasteiger partial charge in [0.25, 0.3) is 0 Å². The van der Waals surface area contributed by atoms with Gasteiger partial charge in [0.15, 0.2) is 0 Å². The number of aliphatic hydroxyl groups is 1. The quantitative estimate of drug-likeness (QED) is 0.793. The van der Waals surface area contributed by atoms with Crippen LogP contribution in [0.4, 0.5) is 4.39 Å². The second-order valence-electron chi connectivity index (χ2n) is 3.67. The van der Waals surface area contributed by atoms with E-state index in [9.17, 15) is 4.39 Å². The molecule has 0 spiro atoms. The lowest BCUT2D eigenvalue weighted by Crippen LogP contribution is -1.96. The van der Waals surface area contributed by atoms with Crippen LogP contribution in [-0.2, 0) is 13.0 Å². The molecule has 0 bridgehead atoms. The number of rotatable bonds is 5. The van der Waals surface area contributed by atoms with Gasteiger partial charge in [-0.25, -0.2) is 4.39 Å². The number of aromatic nitrogens is 1. The minimum absolute atomic E-state index is 0.0719. The summed E-state index contributed by atoms with van der Waals surface area (Å²) in [6, 6.07) is 1.80. The Bertz CT molecular complexity index is 449. The minimum Gasteiger partial charge on any atom is -0.392 e. The number of pyridine rings is 1. The predicted molar refractivity (Wildman–Crippen MR) is 67.0 cm³/mol. The first-order valence-electron chi connectivity index (χ1n) is 5.37. The summed E-state index contributed by atoms with van der Waals surface area (Å²) in [6.45, 7) is 5.48. The molecule has 0 aliphatic heterocycles. The van der Waals surface area contributed by atoms with Crippen LogP contribution in [0.25, 0.3) is 0 Å². The highest BCUT2D eigenvalue weighted by atomic mass is 19.1. The topological polar surface area (TPSA) is 33.1 Å². The summed E-state index contributed by atoms with van der Waals surface area (Å²) in [5, 5.41) is 9.13. The maximum atomic E-state index is 13.2. The van der Waals surface area contributed by atoms with Crippen LogP contribution in [0, 0.1) is 0 Å². The number of hydrogen-bond donors (Lipinski definition) is 1. The molecule has 1 aromatic rings. The van der Waals surface area contributed by atoms with E-state index in [1.54, 1.807) is 31.5 Å². The van der Waals surface area contributed by atoms with Crippen molar-refractivity contribution in [3.8, 4) is 0 Å². The predicted octanol–water partition coefficient (Wildman–Crippen LogP) is 3.10. The van der Waals surface area contributed by atoms with Crippen LogP contribution in [-0.4, -0.2) is 10.1 Å². The average molecular weight is 233 g/mol. The minimum atomic E-state index is -0.322. The molecule has 90 valence electrons. The van der Waals surface area contributed by atoms with Crippen molar-refractivity contribution in [3.05, 3.63) is 65.8 Å². The highest BCUT2D eigenvalue weighted by Gasteiger charge is 2.02. The first kappa shape index (κ1) is 13.3. The monoisotopic (exact) mass is 233 g/mol. The molecule has 3 heteroatoms. The SMILES string of the molecule is C=C(/C=C(F)\C=C/C)Cc1ccncc1CO. The summed E-state index contributed by atoms with van der Waals surface area (Å²) in [4.78, 5) is 3.92. The van der Waals surface area contributed by atoms with Crippen molar-refractivity contribution >= 4 is 0 Å². The fourth-order valence-electron chi connectivity index (χ4n) is 1.47. The summed E-state index contributed by atoms with van der Waals surface area (Å²) >= 11 is 0. The average Bonchev–Trinajstić information content (AvgIpc) is 2.29. The standard InChI is InChI=1S/C14H16FNO/c1-3-4-14(15)8-11(2)7-12-5-6-16-9-13(12)10-17/h3-6,8-9,17H,2,7,10H2,1H3/b4-3-,14-8+. The molecule has 0 radical (unpaired) electrons. The maximum Gasteiger partial charge on any atom is 0.123 e. The third-order valence-electron chi connectivity index (χ3n) is 2.26. The van der Waals surface area contributed by atoms with Crippen molar-refractivity contribution in [3.63, 3.8) is 0 Å². The zero-order valence-electron chi connectivity index (χ0n) is 9.86. The molecular formula is C14H16FNO. The number of halogens is 1. The summed E-state index contributed by atoms with van der Waals surface area (Å²) < 4.78 is 13.2. The second-order valence-corrected chi connectivity index (χ2v) is 3.67. The number of aliphatic hydroxyl groups excluding tert-OH is 1. The van der Waals surface area contributed by atoms with E-state index in [4.69, 9.17) is 5.11 Å². The Hall–Kier alpha value is -1.74. The van der Waals surface area contributed by atoms with E-state index in [1.165, 1.54) is 12.2 Å². The Morgan fingerprint density at radius 3 is 2.94 bits per heavy atom. The van der Waals surface area contributed by atoms with Gasteiger partial charge in [-0.15, -0.1) is 0 Å². The van der Waals surface area contributed by atoms with Crippen molar-refractivity contribution in [1.29, 1.82) is 0 Å². The molecule has 1 heterocycles.